The van der Waals surface area contributed by atoms with Crippen LogP contribution in [0.1, 0.15) is 12.5 Å². The summed E-state index contributed by atoms with van der Waals surface area (Å²) in [6, 6.07) is 7.26. The Bertz CT molecular complexity index is 505. The van der Waals surface area contributed by atoms with Gasteiger partial charge in [0.2, 0.25) is 10.0 Å². The fourth-order valence-corrected chi connectivity index (χ4v) is 3.60. The van der Waals surface area contributed by atoms with Gasteiger partial charge in [-0.1, -0.05) is 19.1 Å². The zero-order chi connectivity index (χ0) is 13.2. The van der Waals surface area contributed by atoms with Crippen LogP contribution in [0.5, 0.6) is 0 Å². The van der Waals surface area contributed by atoms with Gasteiger partial charge in [-0.05, 0) is 31.2 Å². The van der Waals surface area contributed by atoms with E-state index in [4.69, 9.17) is 0 Å². The van der Waals surface area contributed by atoms with Crippen molar-refractivity contribution in [3.8, 4) is 0 Å². The second kappa shape index (κ2) is 5.38. The molecule has 0 N–H and O–H groups in total. The highest BCUT2D eigenvalue weighted by molar-refractivity contribution is 7.89. The Morgan fingerprint density at radius 1 is 1.17 bits per heavy atom. The first-order valence-corrected chi connectivity index (χ1v) is 7.75. The van der Waals surface area contributed by atoms with E-state index in [0.29, 0.717) is 18.0 Å². The van der Waals surface area contributed by atoms with Gasteiger partial charge in [0, 0.05) is 26.2 Å². The summed E-state index contributed by atoms with van der Waals surface area (Å²) >= 11 is 0. The van der Waals surface area contributed by atoms with Crippen molar-refractivity contribution < 1.29 is 8.42 Å². The van der Waals surface area contributed by atoms with Crippen molar-refractivity contribution >= 4 is 10.0 Å². The molecular formula is C13H20N2O2S. The van der Waals surface area contributed by atoms with E-state index in [-0.39, 0.29) is 0 Å². The Morgan fingerprint density at radius 3 is 2.44 bits per heavy atom. The highest BCUT2D eigenvalue weighted by Gasteiger charge is 2.27. The molecule has 18 heavy (non-hydrogen) atoms. The van der Waals surface area contributed by atoms with Crippen LogP contribution in [0.15, 0.2) is 29.2 Å². The highest BCUT2D eigenvalue weighted by Crippen LogP contribution is 2.18. The molecule has 0 spiro atoms. The van der Waals surface area contributed by atoms with Crippen molar-refractivity contribution in [2.24, 2.45) is 0 Å². The Labute approximate surface area is 109 Å². The highest BCUT2D eigenvalue weighted by atomic mass is 32.2. The molecule has 0 aromatic heterocycles. The monoisotopic (exact) mass is 268 g/mol. The summed E-state index contributed by atoms with van der Waals surface area (Å²) in [6.07, 6.45) is 0.853. The molecule has 1 aliphatic heterocycles. The minimum atomic E-state index is -3.31. The van der Waals surface area contributed by atoms with Crippen LogP contribution in [-0.4, -0.2) is 50.8 Å². The van der Waals surface area contributed by atoms with Crippen LogP contribution in [0.3, 0.4) is 0 Å². The summed E-state index contributed by atoms with van der Waals surface area (Å²) in [5.74, 6) is 0. The first-order chi connectivity index (χ1) is 8.54. The standard InChI is InChI=1S/C13H20N2O2S/c1-3-12-5-4-6-13(11-12)18(16,17)15-9-7-14(2)8-10-15/h4-6,11H,3,7-10H2,1-2H3. The first-order valence-electron chi connectivity index (χ1n) is 6.31. The van der Waals surface area contributed by atoms with E-state index in [9.17, 15) is 8.42 Å². The van der Waals surface area contributed by atoms with Crippen molar-refractivity contribution in [3.05, 3.63) is 29.8 Å². The van der Waals surface area contributed by atoms with Gasteiger partial charge in [0.25, 0.3) is 0 Å². The third kappa shape index (κ3) is 2.74. The molecule has 4 nitrogen and oxygen atoms in total. The largest absolute Gasteiger partial charge is 0.304 e. The summed E-state index contributed by atoms with van der Waals surface area (Å²) in [6.45, 7) is 4.78. The number of benzene rings is 1. The molecule has 1 heterocycles. The molecule has 1 fully saturated rings. The molecule has 0 radical (unpaired) electrons. The van der Waals surface area contributed by atoms with E-state index in [2.05, 4.69) is 4.90 Å². The second-order valence-electron chi connectivity index (χ2n) is 4.71. The predicted molar refractivity (Wildman–Crippen MR) is 72.1 cm³/mol. The molecule has 1 saturated heterocycles. The lowest BCUT2D eigenvalue weighted by atomic mass is 10.2. The topological polar surface area (TPSA) is 40.6 Å². The molecule has 0 saturated carbocycles. The molecule has 0 bridgehead atoms. The van der Waals surface area contributed by atoms with Crippen molar-refractivity contribution in [2.45, 2.75) is 18.2 Å². The lowest BCUT2D eigenvalue weighted by molar-refractivity contribution is 0.222. The van der Waals surface area contributed by atoms with Gasteiger partial charge in [-0.2, -0.15) is 4.31 Å². The van der Waals surface area contributed by atoms with E-state index in [1.165, 1.54) is 0 Å². The summed E-state index contributed by atoms with van der Waals surface area (Å²) in [5, 5.41) is 0. The minimum Gasteiger partial charge on any atom is -0.304 e. The third-order valence-corrected chi connectivity index (χ3v) is 5.30. The lowest BCUT2D eigenvalue weighted by Crippen LogP contribution is -2.47. The lowest BCUT2D eigenvalue weighted by Gasteiger charge is -2.31. The average Bonchev–Trinajstić information content (AvgIpc) is 2.39. The van der Waals surface area contributed by atoms with Crippen LogP contribution in [0.2, 0.25) is 0 Å². The van der Waals surface area contributed by atoms with Crippen LogP contribution >= 0.6 is 0 Å². The van der Waals surface area contributed by atoms with E-state index in [1.807, 2.05) is 26.1 Å². The summed E-state index contributed by atoms with van der Waals surface area (Å²) < 4.78 is 26.5. The minimum absolute atomic E-state index is 0.423. The third-order valence-electron chi connectivity index (χ3n) is 3.41. The van der Waals surface area contributed by atoms with Crippen LogP contribution in [0.4, 0.5) is 0 Å². The maximum Gasteiger partial charge on any atom is 0.243 e. The van der Waals surface area contributed by atoms with Gasteiger partial charge in [-0.15, -0.1) is 0 Å². The van der Waals surface area contributed by atoms with E-state index >= 15 is 0 Å². The normalized spacial score (nSPS) is 19.0. The van der Waals surface area contributed by atoms with Gasteiger partial charge in [-0.3, -0.25) is 0 Å². The molecule has 0 unspecified atom stereocenters. The maximum atomic E-state index is 12.5. The summed E-state index contributed by atoms with van der Waals surface area (Å²) in [7, 11) is -1.30. The Balaban J connectivity index is 2.24. The second-order valence-corrected chi connectivity index (χ2v) is 6.65. The molecule has 2 rings (SSSR count). The zero-order valence-electron chi connectivity index (χ0n) is 11.0. The van der Waals surface area contributed by atoms with Crippen LogP contribution in [0.25, 0.3) is 0 Å². The van der Waals surface area contributed by atoms with E-state index < -0.39 is 10.0 Å². The zero-order valence-corrected chi connectivity index (χ0v) is 11.8. The molecule has 1 aromatic carbocycles. The molecular weight excluding hydrogens is 248 g/mol. The number of hydrogen-bond acceptors (Lipinski definition) is 3. The fourth-order valence-electron chi connectivity index (χ4n) is 2.10. The summed E-state index contributed by atoms with van der Waals surface area (Å²) in [5.41, 5.74) is 1.06. The van der Waals surface area contributed by atoms with Crippen LogP contribution < -0.4 is 0 Å². The van der Waals surface area contributed by atoms with Gasteiger partial charge in [0.15, 0.2) is 0 Å². The number of piperazine rings is 1. The molecule has 0 aliphatic carbocycles. The van der Waals surface area contributed by atoms with Crippen LogP contribution in [0, 0.1) is 0 Å². The van der Waals surface area contributed by atoms with Crippen molar-refractivity contribution in [3.63, 3.8) is 0 Å². The smallest absolute Gasteiger partial charge is 0.243 e. The van der Waals surface area contributed by atoms with Crippen molar-refractivity contribution in [1.82, 2.24) is 9.21 Å². The molecule has 1 aliphatic rings. The van der Waals surface area contributed by atoms with Gasteiger partial charge >= 0.3 is 0 Å². The molecule has 0 atom stereocenters. The number of likely N-dealkylation sites (N-methyl/N-ethyl adjacent to an activating group) is 1. The maximum absolute atomic E-state index is 12.5. The van der Waals surface area contributed by atoms with Gasteiger partial charge < -0.3 is 4.90 Å². The molecule has 1 aromatic rings. The van der Waals surface area contributed by atoms with E-state index in [1.54, 1.807) is 16.4 Å². The first kappa shape index (κ1) is 13.5. The van der Waals surface area contributed by atoms with Gasteiger partial charge in [0.1, 0.15) is 0 Å². The Morgan fingerprint density at radius 2 is 1.83 bits per heavy atom. The quantitative estimate of drug-likeness (QED) is 0.826. The van der Waals surface area contributed by atoms with Crippen molar-refractivity contribution in [2.75, 3.05) is 33.2 Å². The van der Waals surface area contributed by atoms with Gasteiger partial charge in [-0.25, -0.2) is 8.42 Å². The number of nitrogens with zero attached hydrogens (tertiary/aromatic N) is 2. The molecule has 0 amide bonds. The van der Waals surface area contributed by atoms with Crippen molar-refractivity contribution in [1.29, 1.82) is 0 Å². The molecule has 5 heteroatoms. The number of aryl methyl sites for hydroxylation is 1. The number of sulfonamides is 1. The van der Waals surface area contributed by atoms with E-state index in [0.717, 1.165) is 25.1 Å². The average molecular weight is 268 g/mol. The number of rotatable bonds is 3. The summed E-state index contributed by atoms with van der Waals surface area (Å²) in [4.78, 5) is 2.57. The van der Waals surface area contributed by atoms with Gasteiger partial charge in [0.05, 0.1) is 4.90 Å². The van der Waals surface area contributed by atoms with Crippen LogP contribution in [-0.2, 0) is 16.4 Å². The SMILES string of the molecule is CCc1cccc(S(=O)(=O)N2CCN(C)CC2)c1. The predicted octanol–water partition coefficient (Wildman–Crippen LogP) is 1.19. The Hall–Kier alpha value is -0.910. The fraction of sp³-hybridized carbons (Fsp3) is 0.538. The Kier molecular flexibility index (Phi) is 4.04. The molecule has 100 valence electrons. The number of hydrogen-bond donors (Lipinski definition) is 0.